The first-order valence-electron chi connectivity index (χ1n) is 7.57. The largest absolute Gasteiger partial charge is 0.464 e. The zero-order valence-electron chi connectivity index (χ0n) is 13.0. The van der Waals surface area contributed by atoms with Crippen LogP contribution in [0, 0.1) is 11.3 Å². The molecule has 1 aromatic carbocycles. The minimum Gasteiger partial charge on any atom is -0.464 e. The number of anilines is 2. The fourth-order valence-electron chi connectivity index (χ4n) is 2.62. The Kier molecular flexibility index (Phi) is 3.52. The van der Waals surface area contributed by atoms with Crippen molar-refractivity contribution in [2.24, 2.45) is 0 Å². The second kappa shape index (κ2) is 5.98. The highest BCUT2D eigenvalue weighted by atomic mass is 16.3. The molecule has 6 heteroatoms. The van der Waals surface area contributed by atoms with E-state index in [1.165, 1.54) is 0 Å². The first-order chi connectivity index (χ1) is 12.2. The van der Waals surface area contributed by atoms with Gasteiger partial charge < -0.3 is 15.1 Å². The Hall–Kier alpha value is -3.85. The molecule has 2 N–H and O–H groups in total. The van der Waals surface area contributed by atoms with Crippen molar-refractivity contribution in [2.75, 3.05) is 10.6 Å². The normalized spacial score (nSPS) is 14.0. The molecule has 120 valence electrons. The lowest BCUT2D eigenvalue weighted by molar-refractivity contribution is -0.110. The molecular weight excluding hydrogens is 316 g/mol. The molecule has 0 radical (unpaired) electrons. The van der Waals surface area contributed by atoms with Crippen molar-refractivity contribution in [1.29, 1.82) is 5.26 Å². The van der Waals surface area contributed by atoms with Crippen molar-refractivity contribution in [1.82, 2.24) is 4.98 Å². The number of amides is 1. The molecule has 0 saturated carbocycles. The number of benzene rings is 1. The summed E-state index contributed by atoms with van der Waals surface area (Å²) in [6, 6.07) is 14.6. The van der Waals surface area contributed by atoms with Gasteiger partial charge in [-0.1, -0.05) is 6.07 Å². The van der Waals surface area contributed by atoms with Crippen molar-refractivity contribution in [3.8, 4) is 17.4 Å². The van der Waals surface area contributed by atoms with Crippen LogP contribution in [0.3, 0.4) is 0 Å². The highest BCUT2D eigenvalue weighted by Gasteiger charge is 2.26. The summed E-state index contributed by atoms with van der Waals surface area (Å²) in [4.78, 5) is 16.5. The second-order valence-electron chi connectivity index (χ2n) is 5.45. The van der Waals surface area contributed by atoms with Crippen molar-refractivity contribution >= 4 is 23.0 Å². The van der Waals surface area contributed by atoms with Gasteiger partial charge in [0.1, 0.15) is 11.6 Å². The van der Waals surface area contributed by atoms with Gasteiger partial charge in [0.25, 0.3) is 5.91 Å². The number of rotatable bonds is 3. The first-order valence-corrected chi connectivity index (χ1v) is 7.57. The Morgan fingerprint density at radius 1 is 1.24 bits per heavy atom. The fourth-order valence-corrected chi connectivity index (χ4v) is 2.62. The van der Waals surface area contributed by atoms with E-state index in [1.54, 1.807) is 42.9 Å². The molecule has 0 fully saturated rings. The Morgan fingerprint density at radius 2 is 2.16 bits per heavy atom. The van der Waals surface area contributed by atoms with Crippen LogP contribution < -0.4 is 10.6 Å². The average Bonchev–Trinajstić information content (AvgIpc) is 3.27. The maximum absolute atomic E-state index is 12.2. The number of carbonyl (C=O) groups excluding carboxylic acids is 1. The van der Waals surface area contributed by atoms with E-state index >= 15 is 0 Å². The molecule has 4 rings (SSSR count). The highest BCUT2D eigenvalue weighted by Crippen LogP contribution is 2.33. The number of pyridine rings is 1. The molecule has 0 saturated heterocycles. The van der Waals surface area contributed by atoms with Crippen LogP contribution in [0.25, 0.3) is 16.9 Å². The Morgan fingerprint density at radius 3 is 2.96 bits per heavy atom. The van der Waals surface area contributed by atoms with Crippen LogP contribution in [0.4, 0.5) is 11.5 Å². The zero-order valence-corrected chi connectivity index (χ0v) is 13.0. The molecule has 0 unspecified atom stereocenters. The molecule has 0 atom stereocenters. The third-order valence-electron chi connectivity index (χ3n) is 3.83. The number of fused-ring (bicyclic) bond motifs is 1. The van der Waals surface area contributed by atoms with E-state index in [9.17, 15) is 4.79 Å². The lowest BCUT2D eigenvalue weighted by Crippen LogP contribution is -2.05. The van der Waals surface area contributed by atoms with Gasteiger partial charge in [-0.05, 0) is 36.4 Å². The van der Waals surface area contributed by atoms with E-state index in [-0.39, 0.29) is 5.91 Å². The fraction of sp³-hybridized carbons (Fsp3) is 0. The van der Waals surface area contributed by atoms with E-state index in [1.807, 2.05) is 18.2 Å². The first kappa shape index (κ1) is 14.7. The van der Waals surface area contributed by atoms with Gasteiger partial charge in [0, 0.05) is 29.2 Å². The van der Waals surface area contributed by atoms with E-state index in [4.69, 9.17) is 9.68 Å². The summed E-state index contributed by atoms with van der Waals surface area (Å²) in [6.45, 7) is 0. The van der Waals surface area contributed by atoms with Gasteiger partial charge >= 0.3 is 0 Å². The Balaban J connectivity index is 1.68. The molecule has 1 aliphatic heterocycles. The number of carbonyl (C=O) groups is 1. The van der Waals surface area contributed by atoms with Gasteiger partial charge in [-0.25, -0.2) is 4.98 Å². The molecule has 0 bridgehead atoms. The summed E-state index contributed by atoms with van der Waals surface area (Å²) < 4.78 is 5.39. The quantitative estimate of drug-likeness (QED) is 0.717. The molecule has 25 heavy (non-hydrogen) atoms. The number of nitrogens with zero attached hydrogens (tertiary/aromatic N) is 2. The maximum Gasteiger partial charge on any atom is 0.259 e. The van der Waals surface area contributed by atoms with Gasteiger partial charge in [-0.15, -0.1) is 0 Å². The predicted octanol–water partition coefficient (Wildman–Crippen LogP) is 3.62. The van der Waals surface area contributed by atoms with Gasteiger partial charge in [0.05, 0.1) is 23.5 Å². The van der Waals surface area contributed by atoms with Crippen molar-refractivity contribution in [2.45, 2.75) is 0 Å². The van der Waals surface area contributed by atoms with Crippen molar-refractivity contribution in [3.05, 3.63) is 72.3 Å². The molecule has 1 amide bonds. The van der Waals surface area contributed by atoms with Crippen LogP contribution >= 0.6 is 0 Å². The third kappa shape index (κ3) is 2.75. The maximum atomic E-state index is 12.2. The van der Waals surface area contributed by atoms with Crippen LogP contribution in [0.5, 0.6) is 0 Å². The summed E-state index contributed by atoms with van der Waals surface area (Å²) in [6.07, 6.45) is 4.86. The monoisotopic (exact) mass is 328 g/mol. The van der Waals surface area contributed by atoms with Crippen LogP contribution in [-0.4, -0.2) is 10.9 Å². The van der Waals surface area contributed by atoms with E-state index in [0.717, 1.165) is 11.3 Å². The minimum absolute atomic E-state index is 0.233. The van der Waals surface area contributed by atoms with Crippen LogP contribution in [0.15, 0.2) is 65.5 Å². The van der Waals surface area contributed by atoms with E-state index in [2.05, 4.69) is 21.7 Å². The minimum atomic E-state index is -0.233. The number of nitriles is 1. The molecule has 3 aromatic rings. The van der Waals surface area contributed by atoms with Gasteiger partial charge in [-0.2, -0.15) is 5.26 Å². The smallest absolute Gasteiger partial charge is 0.259 e. The standard InChI is InChI=1S/C19H12N4O2/c20-9-12-3-1-4-14(7-12)21-11-16-15-8-13(17-5-2-6-25-17)10-22-18(15)23-19(16)24/h1-8,10-11,21H,(H,22,23,24)/b16-11-. The number of furan rings is 1. The lowest BCUT2D eigenvalue weighted by atomic mass is 10.1. The van der Waals surface area contributed by atoms with Gasteiger partial charge in [-0.3, -0.25) is 4.79 Å². The molecule has 6 nitrogen and oxygen atoms in total. The summed E-state index contributed by atoms with van der Waals surface area (Å²) in [5, 5.41) is 14.8. The van der Waals surface area contributed by atoms with Gasteiger partial charge in [0.2, 0.25) is 0 Å². The molecule has 1 aliphatic rings. The second-order valence-corrected chi connectivity index (χ2v) is 5.45. The summed E-state index contributed by atoms with van der Waals surface area (Å²) in [5.41, 5.74) is 3.23. The highest BCUT2D eigenvalue weighted by molar-refractivity contribution is 6.31. The number of aromatic nitrogens is 1. The van der Waals surface area contributed by atoms with Gasteiger partial charge in [0.15, 0.2) is 0 Å². The van der Waals surface area contributed by atoms with Crippen LogP contribution in [-0.2, 0) is 4.79 Å². The lowest BCUT2D eigenvalue weighted by Gasteiger charge is -2.04. The molecular formula is C19H12N4O2. The van der Waals surface area contributed by atoms with Crippen molar-refractivity contribution < 1.29 is 9.21 Å². The number of nitrogens with one attached hydrogen (secondary N) is 2. The number of hydrogen-bond acceptors (Lipinski definition) is 5. The zero-order chi connectivity index (χ0) is 17.2. The number of hydrogen-bond donors (Lipinski definition) is 2. The van der Waals surface area contributed by atoms with Crippen LogP contribution in [0.2, 0.25) is 0 Å². The van der Waals surface area contributed by atoms with E-state index in [0.29, 0.717) is 28.3 Å². The third-order valence-corrected chi connectivity index (χ3v) is 3.83. The predicted molar refractivity (Wildman–Crippen MR) is 93.3 cm³/mol. The molecule has 0 spiro atoms. The summed E-state index contributed by atoms with van der Waals surface area (Å²) in [7, 11) is 0. The average molecular weight is 328 g/mol. The van der Waals surface area contributed by atoms with Crippen LogP contribution in [0.1, 0.15) is 11.1 Å². The Labute approximate surface area is 143 Å². The van der Waals surface area contributed by atoms with Crippen molar-refractivity contribution in [3.63, 3.8) is 0 Å². The summed E-state index contributed by atoms with van der Waals surface area (Å²) >= 11 is 0. The Bertz CT molecular complexity index is 1030. The SMILES string of the molecule is N#Cc1cccc(N/C=C2\C(=O)Nc3ncc(-c4ccco4)cc32)c1. The topological polar surface area (TPSA) is 91.0 Å². The molecule has 3 heterocycles. The van der Waals surface area contributed by atoms with E-state index < -0.39 is 0 Å². The molecule has 2 aromatic heterocycles. The summed E-state index contributed by atoms with van der Waals surface area (Å²) in [5.74, 6) is 0.964. The molecule has 0 aliphatic carbocycles.